The predicted octanol–water partition coefficient (Wildman–Crippen LogP) is 6.53. The third-order valence-electron chi connectivity index (χ3n) is 8.69. The first-order valence-corrected chi connectivity index (χ1v) is 11.0. The molecular formula is C26H36O. The van der Waals surface area contributed by atoms with Gasteiger partial charge >= 0.3 is 0 Å². The Morgan fingerprint density at radius 1 is 1.11 bits per heavy atom. The van der Waals surface area contributed by atoms with Gasteiger partial charge in [-0.15, -0.1) is 0 Å². The van der Waals surface area contributed by atoms with E-state index < -0.39 is 0 Å². The number of rotatable bonds is 3. The SMILES string of the molecule is C=C/C=C\C(=C/C)C1=CCC2C3CC=C4C[C@@H](O)CC[C@]4(C)C3CC[C@]12C. The van der Waals surface area contributed by atoms with E-state index in [1.54, 1.807) is 11.1 Å². The maximum Gasteiger partial charge on any atom is 0.0577 e. The second-order valence-corrected chi connectivity index (χ2v) is 9.80. The van der Waals surface area contributed by atoms with Crippen LogP contribution in [0.2, 0.25) is 0 Å². The smallest absolute Gasteiger partial charge is 0.0577 e. The van der Waals surface area contributed by atoms with Crippen LogP contribution in [0.1, 0.15) is 65.7 Å². The van der Waals surface area contributed by atoms with E-state index in [1.807, 2.05) is 6.08 Å². The predicted molar refractivity (Wildman–Crippen MR) is 114 cm³/mol. The Bertz CT molecular complexity index is 735. The van der Waals surface area contributed by atoms with Gasteiger partial charge in [0.2, 0.25) is 0 Å². The first-order chi connectivity index (χ1) is 12.9. The van der Waals surface area contributed by atoms with Gasteiger partial charge in [0.05, 0.1) is 6.10 Å². The van der Waals surface area contributed by atoms with Gasteiger partial charge in [0.1, 0.15) is 0 Å². The topological polar surface area (TPSA) is 20.2 Å². The van der Waals surface area contributed by atoms with Crippen LogP contribution in [-0.2, 0) is 0 Å². The summed E-state index contributed by atoms with van der Waals surface area (Å²) in [6.07, 6.45) is 21.6. The summed E-state index contributed by atoms with van der Waals surface area (Å²) < 4.78 is 0. The second kappa shape index (κ2) is 6.92. The molecule has 4 aliphatic carbocycles. The summed E-state index contributed by atoms with van der Waals surface area (Å²) in [6, 6.07) is 0. The van der Waals surface area contributed by atoms with E-state index in [-0.39, 0.29) is 6.10 Å². The maximum atomic E-state index is 10.2. The highest BCUT2D eigenvalue weighted by Gasteiger charge is 2.56. The Kier molecular flexibility index (Phi) is 4.87. The Morgan fingerprint density at radius 2 is 1.89 bits per heavy atom. The van der Waals surface area contributed by atoms with Crippen molar-refractivity contribution in [2.45, 2.75) is 71.8 Å². The van der Waals surface area contributed by atoms with Crippen LogP contribution in [0.5, 0.6) is 0 Å². The second-order valence-electron chi connectivity index (χ2n) is 9.80. The molecule has 0 aromatic carbocycles. The van der Waals surface area contributed by atoms with Crippen molar-refractivity contribution in [3.05, 3.63) is 59.8 Å². The van der Waals surface area contributed by atoms with Crippen molar-refractivity contribution in [2.75, 3.05) is 0 Å². The summed E-state index contributed by atoms with van der Waals surface area (Å²) in [5, 5.41) is 10.2. The first-order valence-electron chi connectivity index (χ1n) is 11.0. The van der Waals surface area contributed by atoms with E-state index in [9.17, 15) is 5.11 Å². The summed E-state index contributed by atoms with van der Waals surface area (Å²) >= 11 is 0. The molecule has 0 aliphatic heterocycles. The minimum atomic E-state index is -0.108. The van der Waals surface area contributed by atoms with E-state index in [0.29, 0.717) is 10.8 Å². The summed E-state index contributed by atoms with van der Waals surface area (Å²) in [4.78, 5) is 0. The Labute approximate surface area is 165 Å². The molecular weight excluding hydrogens is 328 g/mol. The highest BCUT2D eigenvalue weighted by molar-refractivity contribution is 5.47. The number of fused-ring (bicyclic) bond motifs is 5. The lowest BCUT2D eigenvalue weighted by Crippen LogP contribution is -2.50. The molecule has 1 N–H and O–H groups in total. The number of allylic oxidation sites excluding steroid dienone is 8. The van der Waals surface area contributed by atoms with Crippen LogP contribution in [0.25, 0.3) is 0 Å². The lowest BCUT2D eigenvalue weighted by molar-refractivity contribution is -0.0287. The highest BCUT2D eigenvalue weighted by Crippen LogP contribution is 2.65. The zero-order chi connectivity index (χ0) is 19.2. The molecule has 1 heteroatoms. The molecule has 6 atom stereocenters. The van der Waals surface area contributed by atoms with Gasteiger partial charge in [-0.05, 0) is 91.6 Å². The number of aliphatic hydroxyl groups excluding tert-OH is 1. The zero-order valence-electron chi connectivity index (χ0n) is 17.4. The molecule has 2 fully saturated rings. The molecule has 4 rings (SSSR count). The van der Waals surface area contributed by atoms with E-state index in [1.165, 1.54) is 37.7 Å². The molecule has 2 saturated carbocycles. The normalized spacial score (nSPS) is 44.2. The van der Waals surface area contributed by atoms with Crippen molar-refractivity contribution in [1.29, 1.82) is 0 Å². The van der Waals surface area contributed by atoms with Crippen molar-refractivity contribution < 1.29 is 5.11 Å². The fourth-order valence-electron chi connectivity index (χ4n) is 7.17. The standard InChI is InChI=1S/C26H36O/c1-5-7-8-18(6-2)22-11-12-23-21-10-9-19-17-20(27)13-15-25(19,3)24(21)14-16-26(22,23)4/h5-9,11,20-21,23-24,27H,1,10,12-17H2,2-4H3/b8-7-,18-6+/t20-,21?,23?,24?,25-,26+/m0/s1. The molecule has 0 heterocycles. The summed E-state index contributed by atoms with van der Waals surface area (Å²) in [5.41, 5.74) is 5.17. The minimum absolute atomic E-state index is 0.108. The molecule has 0 aromatic heterocycles. The van der Waals surface area contributed by atoms with Crippen molar-refractivity contribution in [1.82, 2.24) is 0 Å². The average Bonchev–Trinajstić information content (AvgIpc) is 3.00. The van der Waals surface area contributed by atoms with Gasteiger partial charge in [-0.25, -0.2) is 0 Å². The molecule has 0 radical (unpaired) electrons. The highest BCUT2D eigenvalue weighted by atomic mass is 16.3. The molecule has 146 valence electrons. The van der Waals surface area contributed by atoms with Crippen LogP contribution in [0.3, 0.4) is 0 Å². The van der Waals surface area contributed by atoms with Gasteiger partial charge < -0.3 is 5.11 Å². The van der Waals surface area contributed by atoms with Crippen LogP contribution in [0.4, 0.5) is 0 Å². The van der Waals surface area contributed by atoms with Gasteiger partial charge in [-0.3, -0.25) is 0 Å². The third kappa shape index (κ3) is 2.85. The zero-order valence-corrected chi connectivity index (χ0v) is 17.4. The first kappa shape index (κ1) is 19.0. The molecule has 0 aromatic rings. The molecule has 0 saturated heterocycles. The fraction of sp³-hybridized carbons (Fsp3) is 0.615. The monoisotopic (exact) mass is 364 g/mol. The fourth-order valence-corrected chi connectivity index (χ4v) is 7.17. The Hall–Kier alpha value is -1.34. The summed E-state index contributed by atoms with van der Waals surface area (Å²) in [6.45, 7) is 11.0. The molecule has 3 unspecified atom stereocenters. The maximum absolute atomic E-state index is 10.2. The largest absolute Gasteiger partial charge is 0.393 e. The van der Waals surface area contributed by atoms with Crippen molar-refractivity contribution in [2.24, 2.45) is 28.6 Å². The van der Waals surface area contributed by atoms with Crippen LogP contribution < -0.4 is 0 Å². The van der Waals surface area contributed by atoms with E-state index >= 15 is 0 Å². The minimum Gasteiger partial charge on any atom is -0.393 e. The molecule has 27 heavy (non-hydrogen) atoms. The van der Waals surface area contributed by atoms with E-state index in [0.717, 1.165) is 30.6 Å². The summed E-state index contributed by atoms with van der Waals surface area (Å²) in [5.74, 6) is 2.36. The number of hydrogen-bond donors (Lipinski definition) is 1. The molecule has 0 spiro atoms. The lowest BCUT2D eigenvalue weighted by atomic mass is 9.47. The van der Waals surface area contributed by atoms with Crippen LogP contribution >= 0.6 is 0 Å². The van der Waals surface area contributed by atoms with E-state index in [4.69, 9.17) is 0 Å². The lowest BCUT2D eigenvalue weighted by Gasteiger charge is -2.57. The number of aliphatic hydroxyl groups is 1. The molecule has 0 amide bonds. The number of hydrogen-bond acceptors (Lipinski definition) is 1. The van der Waals surface area contributed by atoms with Crippen LogP contribution in [0, 0.1) is 28.6 Å². The van der Waals surface area contributed by atoms with Gasteiger partial charge in [0.15, 0.2) is 0 Å². The van der Waals surface area contributed by atoms with Crippen molar-refractivity contribution in [3.8, 4) is 0 Å². The third-order valence-corrected chi connectivity index (χ3v) is 8.69. The molecule has 4 aliphatic rings. The van der Waals surface area contributed by atoms with E-state index in [2.05, 4.69) is 57.7 Å². The van der Waals surface area contributed by atoms with Crippen LogP contribution in [-0.4, -0.2) is 11.2 Å². The van der Waals surface area contributed by atoms with Crippen molar-refractivity contribution in [3.63, 3.8) is 0 Å². The van der Waals surface area contributed by atoms with Crippen LogP contribution in [0.15, 0.2) is 59.8 Å². The summed E-state index contributed by atoms with van der Waals surface area (Å²) in [7, 11) is 0. The molecule has 1 nitrogen and oxygen atoms in total. The Morgan fingerprint density at radius 3 is 2.63 bits per heavy atom. The molecule has 0 bridgehead atoms. The van der Waals surface area contributed by atoms with Gasteiger partial charge in [-0.2, -0.15) is 0 Å². The van der Waals surface area contributed by atoms with Gasteiger partial charge in [0.25, 0.3) is 0 Å². The van der Waals surface area contributed by atoms with Gasteiger partial charge in [0, 0.05) is 0 Å². The average molecular weight is 365 g/mol. The quantitative estimate of drug-likeness (QED) is 0.445. The van der Waals surface area contributed by atoms with Gasteiger partial charge in [-0.1, -0.05) is 62.5 Å². The van der Waals surface area contributed by atoms with Crippen molar-refractivity contribution >= 4 is 0 Å². The Balaban J connectivity index is 1.63.